The third-order valence-corrected chi connectivity index (χ3v) is 5.21. The Hall–Kier alpha value is 0.230. The molecule has 0 aromatic rings. The van der Waals surface area contributed by atoms with Gasteiger partial charge in [-0.2, -0.15) is 0 Å². The van der Waals surface area contributed by atoms with Crippen LogP contribution in [0.2, 0.25) is 0 Å². The van der Waals surface area contributed by atoms with Crippen molar-refractivity contribution in [1.82, 2.24) is 4.31 Å². The zero-order valence-corrected chi connectivity index (χ0v) is 10.3. The number of hydrogen-bond donors (Lipinski definition) is 2. The van der Waals surface area contributed by atoms with E-state index in [-0.39, 0.29) is 0 Å². The predicted molar refractivity (Wildman–Crippen MR) is 62.5 cm³/mol. The highest BCUT2D eigenvalue weighted by Gasteiger charge is 2.27. The molecule has 0 aromatic carbocycles. The standard InChI is InChI=1S/C10H23NO2S/c1-4-14(12,13)11-7-5-10(6-8-11)9(2)3/h9-10,12-13H,4-8H2,1-3H3. The van der Waals surface area contributed by atoms with Crippen LogP contribution in [0.15, 0.2) is 0 Å². The van der Waals surface area contributed by atoms with Gasteiger partial charge in [0.05, 0.1) is 5.75 Å². The van der Waals surface area contributed by atoms with E-state index in [9.17, 15) is 9.11 Å². The second kappa shape index (κ2) is 4.84. The van der Waals surface area contributed by atoms with Crippen LogP contribution < -0.4 is 0 Å². The minimum absolute atomic E-state index is 0.458. The van der Waals surface area contributed by atoms with Gasteiger partial charge in [-0.05, 0) is 31.6 Å². The van der Waals surface area contributed by atoms with E-state index in [1.54, 1.807) is 0 Å². The summed E-state index contributed by atoms with van der Waals surface area (Å²) in [6, 6.07) is 0. The predicted octanol–water partition coefficient (Wildman–Crippen LogP) is 3.04. The summed E-state index contributed by atoms with van der Waals surface area (Å²) >= 11 is 0. The Bertz CT molecular complexity index is 177. The molecular formula is C10H23NO2S. The molecule has 0 aromatic heterocycles. The van der Waals surface area contributed by atoms with Crippen molar-refractivity contribution in [3.8, 4) is 0 Å². The molecule has 0 atom stereocenters. The van der Waals surface area contributed by atoms with Gasteiger partial charge < -0.3 is 0 Å². The summed E-state index contributed by atoms with van der Waals surface area (Å²) in [4.78, 5) is 0. The van der Waals surface area contributed by atoms with Crippen molar-refractivity contribution in [3.05, 3.63) is 0 Å². The van der Waals surface area contributed by atoms with E-state index in [2.05, 4.69) is 13.8 Å². The summed E-state index contributed by atoms with van der Waals surface area (Å²) in [5.41, 5.74) is 0. The average Bonchev–Trinajstić information content (AvgIpc) is 2.18. The second-order valence-electron chi connectivity index (χ2n) is 4.43. The summed E-state index contributed by atoms with van der Waals surface area (Å²) in [6.45, 7) is 8.03. The van der Waals surface area contributed by atoms with E-state index >= 15 is 0 Å². The molecule has 2 N–H and O–H groups in total. The van der Waals surface area contributed by atoms with Gasteiger partial charge in [0, 0.05) is 13.1 Å². The normalized spacial score (nSPS) is 23.0. The topological polar surface area (TPSA) is 43.7 Å². The van der Waals surface area contributed by atoms with Gasteiger partial charge in [0.15, 0.2) is 0 Å². The quantitative estimate of drug-likeness (QED) is 0.770. The number of piperidine rings is 1. The summed E-state index contributed by atoms with van der Waals surface area (Å²) in [5, 5.41) is 0. The van der Waals surface area contributed by atoms with Gasteiger partial charge in [0.1, 0.15) is 0 Å². The largest absolute Gasteiger partial charge is 0.285 e. The Morgan fingerprint density at radius 3 is 2.14 bits per heavy atom. The molecule has 0 radical (unpaired) electrons. The molecule has 1 heterocycles. The van der Waals surface area contributed by atoms with Gasteiger partial charge >= 0.3 is 0 Å². The Morgan fingerprint density at radius 1 is 1.29 bits per heavy atom. The van der Waals surface area contributed by atoms with Crippen molar-refractivity contribution < 1.29 is 9.11 Å². The van der Waals surface area contributed by atoms with E-state index in [1.165, 1.54) is 0 Å². The highest BCUT2D eigenvalue weighted by molar-refractivity contribution is 8.22. The fourth-order valence-corrected chi connectivity index (χ4v) is 3.18. The Kier molecular flexibility index (Phi) is 4.25. The lowest BCUT2D eigenvalue weighted by molar-refractivity contribution is 0.213. The van der Waals surface area contributed by atoms with Crippen LogP contribution in [0.5, 0.6) is 0 Å². The van der Waals surface area contributed by atoms with Crippen molar-refractivity contribution in [2.24, 2.45) is 11.8 Å². The first-order valence-electron chi connectivity index (χ1n) is 5.48. The fourth-order valence-electron chi connectivity index (χ4n) is 2.02. The van der Waals surface area contributed by atoms with Crippen molar-refractivity contribution in [2.45, 2.75) is 33.6 Å². The molecular weight excluding hydrogens is 198 g/mol. The first-order chi connectivity index (χ1) is 6.47. The van der Waals surface area contributed by atoms with Gasteiger partial charge in [0.25, 0.3) is 0 Å². The zero-order valence-electron chi connectivity index (χ0n) is 9.44. The minimum atomic E-state index is -2.44. The minimum Gasteiger partial charge on any atom is -0.285 e. The summed E-state index contributed by atoms with van der Waals surface area (Å²) in [6.07, 6.45) is 2.21. The third kappa shape index (κ3) is 2.86. The lowest BCUT2D eigenvalue weighted by Gasteiger charge is -2.46. The molecule has 14 heavy (non-hydrogen) atoms. The molecule has 1 aliphatic heterocycles. The molecule has 1 saturated heterocycles. The molecule has 1 rings (SSSR count). The maximum absolute atomic E-state index is 9.74. The lowest BCUT2D eigenvalue weighted by atomic mass is 9.87. The number of hydrogen-bond acceptors (Lipinski definition) is 3. The Balaban J connectivity index is 2.43. The summed E-state index contributed by atoms with van der Waals surface area (Å²) < 4.78 is 21.3. The molecule has 0 aliphatic carbocycles. The van der Waals surface area contributed by atoms with Crippen LogP contribution in [0.1, 0.15) is 33.6 Å². The molecule has 0 amide bonds. The fraction of sp³-hybridized carbons (Fsp3) is 1.00. The second-order valence-corrected chi connectivity index (χ2v) is 6.79. The molecule has 0 unspecified atom stereocenters. The van der Waals surface area contributed by atoms with Gasteiger partial charge in [-0.25, -0.2) is 4.31 Å². The maximum atomic E-state index is 9.74. The Morgan fingerprint density at radius 2 is 1.79 bits per heavy atom. The van der Waals surface area contributed by atoms with E-state index in [4.69, 9.17) is 0 Å². The van der Waals surface area contributed by atoms with Crippen LogP contribution in [0, 0.1) is 11.8 Å². The van der Waals surface area contributed by atoms with Crippen molar-refractivity contribution in [1.29, 1.82) is 0 Å². The lowest BCUT2D eigenvalue weighted by Crippen LogP contribution is -2.37. The molecule has 4 heteroatoms. The molecule has 86 valence electrons. The SMILES string of the molecule is CCS(O)(O)N1CCC(C(C)C)CC1. The van der Waals surface area contributed by atoms with Gasteiger partial charge in [-0.1, -0.05) is 13.8 Å². The van der Waals surface area contributed by atoms with E-state index < -0.39 is 10.8 Å². The molecule has 0 saturated carbocycles. The average molecular weight is 221 g/mol. The first-order valence-corrected chi connectivity index (χ1v) is 7.15. The summed E-state index contributed by atoms with van der Waals surface area (Å²) in [5.74, 6) is 1.94. The van der Waals surface area contributed by atoms with Crippen LogP contribution in [0.4, 0.5) is 0 Å². The summed E-state index contributed by atoms with van der Waals surface area (Å²) in [7, 11) is -2.44. The highest BCUT2D eigenvalue weighted by atomic mass is 32.3. The Labute approximate surface area is 89.0 Å². The molecule has 0 spiro atoms. The van der Waals surface area contributed by atoms with Crippen LogP contribution in [-0.2, 0) is 0 Å². The van der Waals surface area contributed by atoms with Gasteiger partial charge in [-0.15, -0.1) is 10.8 Å². The smallest absolute Gasteiger partial charge is 0.0502 e. The maximum Gasteiger partial charge on any atom is 0.0502 e. The monoisotopic (exact) mass is 221 g/mol. The first kappa shape index (κ1) is 12.3. The van der Waals surface area contributed by atoms with Crippen molar-refractivity contribution >= 4 is 10.8 Å². The van der Waals surface area contributed by atoms with Crippen molar-refractivity contribution in [2.75, 3.05) is 18.8 Å². The number of rotatable bonds is 3. The van der Waals surface area contributed by atoms with E-state index in [0.29, 0.717) is 5.75 Å². The molecule has 1 aliphatic rings. The van der Waals surface area contributed by atoms with Gasteiger partial charge in [0.2, 0.25) is 0 Å². The van der Waals surface area contributed by atoms with Gasteiger partial charge in [-0.3, -0.25) is 9.11 Å². The molecule has 3 nitrogen and oxygen atoms in total. The van der Waals surface area contributed by atoms with Crippen LogP contribution >= 0.6 is 10.8 Å². The molecule has 1 fully saturated rings. The van der Waals surface area contributed by atoms with Crippen LogP contribution in [0.3, 0.4) is 0 Å². The number of nitrogens with zero attached hydrogens (tertiary/aromatic N) is 1. The van der Waals surface area contributed by atoms with Crippen LogP contribution in [-0.4, -0.2) is 32.3 Å². The highest BCUT2D eigenvalue weighted by Crippen LogP contribution is 2.45. The zero-order chi connectivity index (χ0) is 10.8. The molecule has 0 bridgehead atoms. The van der Waals surface area contributed by atoms with Crippen LogP contribution in [0.25, 0.3) is 0 Å². The van der Waals surface area contributed by atoms with E-state index in [1.807, 2.05) is 11.2 Å². The van der Waals surface area contributed by atoms with Crippen molar-refractivity contribution in [3.63, 3.8) is 0 Å². The third-order valence-electron chi connectivity index (χ3n) is 3.24. The van der Waals surface area contributed by atoms with E-state index in [0.717, 1.165) is 37.8 Å².